The molecule has 0 radical (unpaired) electrons. The largest absolute Gasteiger partial charge is 0.461 e. The third-order valence-corrected chi connectivity index (χ3v) is 2.75. The topological polar surface area (TPSA) is 82.3 Å². The Hall–Kier alpha value is -1.39. The molecule has 1 aromatic rings. The van der Waals surface area contributed by atoms with Crippen LogP contribution in [0, 0.1) is 13.8 Å². The van der Waals surface area contributed by atoms with Crippen LogP contribution in [0.5, 0.6) is 0 Å². The summed E-state index contributed by atoms with van der Waals surface area (Å²) in [6.45, 7) is 1.52. The molecule has 18 heavy (non-hydrogen) atoms. The molecule has 0 saturated carbocycles. The maximum absolute atomic E-state index is 12.6. The molecule has 0 unspecified atom stereocenters. The molecular formula is C9H7F2IN2O4. The minimum atomic E-state index is -2.90. The normalized spacial score (nSPS) is 10.5. The Bertz CT molecular complexity index is 496. The Balaban J connectivity index is 3.38. The number of esters is 1. The van der Waals surface area contributed by atoms with E-state index in [0.717, 1.165) is 0 Å². The highest BCUT2D eigenvalue weighted by Gasteiger charge is 2.28. The third kappa shape index (κ3) is 3.09. The number of pyridine rings is 1. The van der Waals surface area contributed by atoms with Crippen molar-refractivity contribution in [3.63, 3.8) is 0 Å². The van der Waals surface area contributed by atoms with E-state index in [0.29, 0.717) is 6.07 Å². The van der Waals surface area contributed by atoms with Crippen molar-refractivity contribution in [2.45, 2.75) is 13.3 Å². The summed E-state index contributed by atoms with van der Waals surface area (Å²) in [5.74, 6) is -1.01. The predicted octanol–water partition coefficient (Wildman–Crippen LogP) is 2.71. The van der Waals surface area contributed by atoms with E-state index in [2.05, 4.69) is 9.72 Å². The predicted molar refractivity (Wildman–Crippen MR) is 64.5 cm³/mol. The zero-order valence-electron chi connectivity index (χ0n) is 9.02. The van der Waals surface area contributed by atoms with Crippen molar-refractivity contribution in [2.24, 2.45) is 0 Å². The molecule has 0 fully saturated rings. The van der Waals surface area contributed by atoms with Crippen molar-refractivity contribution in [1.29, 1.82) is 0 Å². The molecule has 0 aliphatic rings. The van der Waals surface area contributed by atoms with E-state index in [9.17, 15) is 23.7 Å². The number of hydrogen-bond acceptors (Lipinski definition) is 5. The summed E-state index contributed by atoms with van der Waals surface area (Å²) in [6.07, 6.45) is -2.90. The van der Waals surface area contributed by atoms with Crippen LogP contribution in [0.25, 0.3) is 0 Å². The number of carbonyl (C=O) groups excluding carboxylic acids is 1. The molecule has 0 amide bonds. The monoisotopic (exact) mass is 372 g/mol. The van der Waals surface area contributed by atoms with E-state index in [1.807, 2.05) is 0 Å². The van der Waals surface area contributed by atoms with Crippen molar-refractivity contribution in [2.75, 3.05) is 6.61 Å². The lowest BCUT2D eigenvalue weighted by Gasteiger charge is -2.06. The van der Waals surface area contributed by atoms with Gasteiger partial charge < -0.3 is 4.74 Å². The van der Waals surface area contributed by atoms with Gasteiger partial charge in [-0.2, -0.15) is 0 Å². The molecule has 0 saturated heterocycles. The number of rotatable bonds is 4. The van der Waals surface area contributed by atoms with E-state index >= 15 is 0 Å². The molecule has 1 aromatic heterocycles. The summed E-state index contributed by atoms with van der Waals surface area (Å²) in [4.78, 5) is 24.7. The summed E-state index contributed by atoms with van der Waals surface area (Å²) < 4.78 is 29.5. The van der Waals surface area contributed by atoms with Crippen molar-refractivity contribution in [1.82, 2.24) is 4.98 Å². The van der Waals surface area contributed by atoms with Gasteiger partial charge in [-0.1, -0.05) is 0 Å². The van der Waals surface area contributed by atoms with Crippen LogP contribution in [0.3, 0.4) is 0 Å². The maximum Gasteiger partial charge on any atom is 0.364 e. The van der Waals surface area contributed by atoms with Gasteiger partial charge in [-0.25, -0.2) is 18.6 Å². The Morgan fingerprint density at radius 3 is 2.72 bits per heavy atom. The highest BCUT2D eigenvalue weighted by atomic mass is 127. The molecule has 1 heterocycles. The standard InChI is InChI=1S/C9H7F2IN2O4/c1-2-18-9(15)6-5(14(16)17)3-4(7(10)11)8(12)13-6/h3,7H,2H2,1H3. The van der Waals surface area contributed by atoms with E-state index in [1.165, 1.54) is 29.5 Å². The summed E-state index contributed by atoms with van der Waals surface area (Å²) >= 11 is 1.48. The van der Waals surface area contributed by atoms with Gasteiger partial charge in [0.25, 0.3) is 6.43 Å². The average molecular weight is 372 g/mol. The van der Waals surface area contributed by atoms with Crippen LogP contribution < -0.4 is 0 Å². The Labute approximate surface area is 114 Å². The van der Waals surface area contributed by atoms with Crippen molar-refractivity contribution >= 4 is 34.2 Å². The molecule has 0 bridgehead atoms. The smallest absolute Gasteiger partial charge is 0.364 e. The molecule has 1 rings (SSSR count). The van der Waals surface area contributed by atoms with E-state index in [4.69, 9.17) is 0 Å². The van der Waals surface area contributed by atoms with Crippen LogP contribution in [-0.2, 0) is 4.74 Å². The number of alkyl halides is 2. The van der Waals surface area contributed by atoms with Crippen molar-refractivity contribution in [3.05, 3.63) is 31.1 Å². The number of nitrogens with zero attached hydrogens (tertiary/aromatic N) is 2. The first-order chi connectivity index (χ1) is 8.38. The molecule has 0 aliphatic heterocycles. The first-order valence-corrected chi connectivity index (χ1v) is 5.76. The van der Waals surface area contributed by atoms with Crippen molar-refractivity contribution in [3.8, 4) is 0 Å². The van der Waals surface area contributed by atoms with Gasteiger partial charge >= 0.3 is 11.7 Å². The Kier molecular flexibility index (Phi) is 4.87. The Morgan fingerprint density at radius 1 is 1.67 bits per heavy atom. The molecule has 6 nitrogen and oxygen atoms in total. The molecule has 0 aliphatic carbocycles. The van der Waals surface area contributed by atoms with Gasteiger partial charge in [-0.15, -0.1) is 0 Å². The van der Waals surface area contributed by atoms with Gasteiger partial charge in [0.05, 0.1) is 17.1 Å². The molecule has 0 atom stereocenters. The van der Waals surface area contributed by atoms with E-state index in [-0.39, 0.29) is 10.3 Å². The first-order valence-electron chi connectivity index (χ1n) is 4.68. The minimum absolute atomic E-state index is 0.00481. The molecule has 0 spiro atoms. The third-order valence-electron chi connectivity index (χ3n) is 1.88. The lowest BCUT2D eigenvalue weighted by atomic mass is 10.2. The first kappa shape index (κ1) is 14.7. The fourth-order valence-corrected chi connectivity index (χ4v) is 1.77. The average Bonchev–Trinajstić information content (AvgIpc) is 2.27. The fraction of sp³-hybridized carbons (Fsp3) is 0.333. The van der Waals surface area contributed by atoms with Gasteiger partial charge in [-0.3, -0.25) is 10.1 Å². The van der Waals surface area contributed by atoms with Gasteiger partial charge in [0.15, 0.2) is 0 Å². The van der Waals surface area contributed by atoms with E-state index < -0.39 is 34.3 Å². The second-order valence-corrected chi connectivity index (χ2v) is 4.04. The van der Waals surface area contributed by atoms with Gasteiger partial charge in [0.1, 0.15) is 3.70 Å². The summed E-state index contributed by atoms with van der Waals surface area (Å²) in [6, 6.07) is 0.645. The lowest BCUT2D eigenvalue weighted by molar-refractivity contribution is -0.385. The number of ether oxygens (including phenoxy) is 1. The minimum Gasteiger partial charge on any atom is -0.461 e. The summed E-state index contributed by atoms with van der Waals surface area (Å²) in [5, 5.41) is 10.7. The van der Waals surface area contributed by atoms with Crippen LogP contribution in [0.4, 0.5) is 14.5 Å². The molecule has 0 N–H and O–H groups in total. The lowest BCUT2D eigenvalue weighted by Crippen LogP contribution is -2.12. The highest BCUT2D eigenvalue weighted by Crippen LogP contribution is 2.29. The van der Waals surface area contributed by atoms with Crippen LogP contribution in [0.15, 0.2) is 6.07 Å². The zero-order chi connectivity index (χ0) is 13.9. The van der Waals surface area contributed by atoms with E-state index in [1.54, 1.807) is 0 Å². The second-order valence-electron chi connectivity index (χ2n) is 3.01. The summed E-state index contributed by atoms with van der Waals surface area (Å²) in [5.41, 5.74) is -1.95. The van der Waals surface area contributed by atoms with Crippen LogP contribution >= 0.6 is 22.6 Å². The SMILES string of the molecule is CCOC(=O)c1nc(I)c(C(F)F)cc1[N+](=O)[O-]. The Morgan fingerprint density at radius 2 is 2.28 bits per heavy atom. The number of hydrogen-bond donors (Lipinski definition) is 0. The quantitative estimate of drug-likeness (QED) is 0.267. The number of nitro groups is 1. The van der Waals surface area contributed by atoms with Crippen LogP contribution in [-0.4, -0.2) is 22.5 Å². The molecule has 9 heteroatoms. The van der Waals surface area contributed by atoms with Gasteiger partial charge in [-0.05, 0) is 29.5 Å². The van der Waals surface area contributed by atoms with Crippen molar-refractivity contribution < 1.29 is 23.2 Å². The zero-order valence-corrected chi connectivity index (χ0v) is 11.2. The maximum atomic E-state index is 12.6. The highest BCUT2D eigenvalue weighted by molar-refractivity contribution is 14.1. The van der Waals surface area contributed by atoms with Gasteiger partial charge in [0, 0.05) is 6.07 Å². The van der Waals surface area contributed by atoms with Crippen LogP contribution in [0.2, 0.25) is 0 Å². The van der Waals surface area contributed by atoms with Crippen LogP contribution in [0.1, 0.15) is 29.4 Å². The number of carbonyl (C=O) groups is 1. The second kappa shape index (κ2) is 5.98. The molecule has 0 aromatic carbocycles. The van der Waals surface area contributed by atoms with Gasteiger partial charge in [0.2, 0.25) is 5.69 Å². The number of aromatic nitrogens is 1. The summed E-state index contributed by atoms with van der Waals surface area (Å²) in [7, 11) is 0. The molecular weight excluding hydrogens is 365 g/mol. The molecule has 98 valence electrons. The number of halogens is 3. The fourth-order valence-electron chi connectivity index (χ4n) is 1.14.